The van der Waals surface area contributed by atoms with Crippen molar-refractivity contribution in [1.82, 2.24) is 20.0 Å². The van der Waals surface area contributed by atoms with Crippen molar-refractivity contribution < 1.29 is 14.3 Å². The van der Waals surface area contributed by atoms with Gasteiger partial charge in [0.2, 0.25) is 5.91 Å². The van der Waals surface area contributed by atoms with Gasteiger partial charge < -0.3 is 15.0 Å². The van der Waals surface area contributed by atoms with Crippen molar-refractivity contribution in [3.8, 4) is 5.75 Å². The molecule has 1 unspecified atom stereocenters. The molecule has 2 amide bonds. The Balaban J connectivity index is 1.48. The summed E-state index contributed by atoms with van der Waals surface area (Å²) in [4.78, 5) is 27.5. The van der Waals surface area contributed by atoms with E-state index < -0.39 is 0 Å². The molecule has 2 aromatic rings. The Morgan fingerprint density at radius 2 is 2.11 bits per heavy atom. The van der Waals surface area contributed by atoms with Crippen molar-refractivity contribution in [3.05, 3.63) is 46.8 Å². The van der Waals surface area contributed by atoms with Gasteiger partial charge in [0.15, 0.2) is 0 Å². The second-order valence-electron chi connectivity index (χ2n) is 7.91. The quantitative estimate of drug-likeness (QED) is 0.879. The Hall–Kier alpha value is -2.83. The molecule has 1 N–H and O–H groups in total. The number of benzene rings is 1. The Morgan fingerprint density at radius 1 is 1.29 bits per heavy atom. The highest BCUT2D eigenvalue weighted by Crippen LogP contribution is 2.32. The van der Waals surface area contributed by atoms with Crippen molar-refractivity contribution in [1.29, 1.82) is 0 Å². The molecule has 148 valence electrons. The Labute approximate surface area is 164 Å². The number of nitrogens with one attached hydrogen (secondary N) is 1. The molecular formula is C21H26N4O3. The van der Waals surface area contributed by atoms with Crippen LogP contribution in [0.4, 0.5) is 0 Å². The topological polar surface area (TPSA) is 76.5 Å². The lowest BCUT2D eigenvalue weighted by atomic mass is 9.91. The molecule has 0 radical (unpaired) electrons. The molecule has 2 aliphatic rings. The minimum atomic E-state index is -0.367. The first-order valence-corrected chi connectivity index (χ1v) is 9.67. The lowest BCUT2D eigenvalue weighted by Crippen LogP contribution is -2.50. The number of carbonyl (C=O) groups is 2. The minimum Gasteiger partial charge on any atom is -0.497 e. The maximum Gasteiger partial charge on any atom is 0.252 e. The Bertz CT molecular complexity index is 936. The number of fused-ring (bicyclic) bond motifs is 1. The summed E-state index contributed by atoms with van der Waals surface area (Å²) < 4.78 is 7.01. The summed E-state index contributed by atoms with van der Waals surface area (Å²) in [5, 5.41) is 7.60. The molecule has 1 saturated heterocycles. The van der Waals surface area contributed by atoms with E-state index in [9.17, 15) is 9.59 Å². The van der Waals surface area contributed by atoms with E-state index in [1.807, 2.05) is 36.9 Å². The largest absolute Gasteiger partial charge is 0.497 e. The standard InChI is InChI=1S/C21H26N4O3/c1-14-10-15(2)25(23-14)12-19(26)24-9-8-21(13-24)7-6-16-4-5-17(28-3)11-18(16)20(27)22-21/h4-5,10-11H,6-9,12-13H2,1-3H3,(H,22,27). The van der Waals surface area contributed by atoms with Crippen LogP contribution in [0.1, 0.15) is 40.2 Å². The van der Waals surface area contributed by atoms with Gasteiger partial charge in [-0.2, -0.15) is 5.10 Å². The van der Waals surface area contributed by atoms with Gasteiger partial charge in [-0.1, -0.05) is 6.07 Å². The monoisotopic (exact) mass is 382 g/mol. The van der Waals surface area contributed by atoms with E-state index in [1.165, 1.54) is 0 Å². The highest BCUT2D eigenvalue weighted by Gasteiger charge is 2.42. The van der Waals surface area contributed by atoms with Crippen LogP contribution in [0.15, 0.2) is 24.3 Å². The zero-order chi connectivity index (χ0) is 19.9. The van der Waals surface area contributed by atoms with Crippen LogP contribution in [0.2, 0.25) is 0 Å². The van der Waals surface area contributed by atoms with Gasteiger partial charge in [-0.25, -0.2) is 0 Å². The van der Waals surface area contributed by atoms with Crippen LogP contribution in [0.3, 0.4) is 0 Å². The fourth-order valence-corrected chi connectivity index (χ4v) is 4.31. The van der Waals surface area contributed by atoms with Crippen molar-refractivity contribution in [2.24, 2.45) is 0 Å². The molecule has 4 rings (SSSR count). The van der Waals surface area contributed by atoms with Gasteiger partial charge in [0.1, 0.15) is 12.3 Å². The van der Waals surface area contributed by atoms with Gasteiger partial charge >= 0.3 is 0 Å². The highest BCUT2D eigenvalue weighted by molar-refractivity contribution is 5.97. The van der Waals surface area contributed by atoms with E-state index >= 15 is 0 Å². The van der Waals surface area contributed by atoms with E-state index in [4.69, 9.17) is 4.74 Å². The average molecular weight is 382 g/mol. The predicted molar refractivity (Wildman–Crippen MR) is 104 cm³/mol. The number of aromatic nitrogens is 2. The Kier molecular flexibility index (Phi) is 4.61. The first-order valence-electron chi connectivity index (χ1n) is 9.67. The summed E-state index contributed by atoms with van der Waals surface area (Å²) in [6, 6.07) is 7.62. The van der Waals surface area contributed by atoms with Gasteiger partial charge in [-0.05, 0) is 56.9 Å². The molecule has 7 heteroatoms. The fourth-order valence-electron chi connectivity index (χ4n) is 4.31. The van der Waals surface area contributed by atoms with Crippen LogP contribution in [0, 0.1) is 13.8 Å². The first kappa shape index (κ1) is 18.5. The van der Waals surface area contributed by atoms with Crippen LogP contribution >= 0.6 is 0 Å². The molecule has 0 saturated carbocycles. The summed E-state index contributed by atoms with van der Waals surface area (Å²) >= 11 is 0. The molecule has 1 aromatic heterocycles. The second kappa shape index (κ2) is 6.96. The summed E-state index contributed by atoms with van der Waals surface area (Å²) in [7, 11) is 1.60. The van der Waals surface area contributed by atoms with Crippen molar-refractivity contribution in [3.63, 3.8) is 0 Å². The summed E-state index contributed by atoms with van der Waals surface area (Å²) in [6.07, 6.45) is 2.39. The third-order valence-electron chi connectivity index (χ3n) is 5.91. The van der Waals surface area contributed by atoms with Gasteiger partial charge in [-0.3, -0.25) is 14.3 Å². The molecular weight excluding hydrogens is 356 g/mol. The van der Waals surface area contributed by atoms with Gasteiger partial charge in [0, 0.05) is 24.3 Å². The number of rotatable bonds is 3. The summed E-state index contributed by atoms with van der Waals surface area (Å²) in [5.74, 6) is 0.637. The number of carbonyl (C=O) groups excluding carboxylic acids is 2. The van der Waals surface area contributed by atoms with Crippen molar-refractivity contribution in [2.75, 3.05) is 20.2 Å². The fraction of sp³-hybridized carbons (Fsp3) is 0.476. The molecule has 1 spiro atoms. The van der Waals surface area contributed by atoms with E-state index in [2.05, 4.69) is 10.4 Å². The van der Waals surface area contributed by atoms with Crippen LogP contribution in [0.5, 0.6) is 5.75 Å². The molecule has 3 heterocycles. The van der Waals surface area contributed by atoms with Crippen molar-refractivity contribution in [2.45, 2.75) is 45.2 Å². The number of likely N-dealkylation sites (tertiary alicyclic amines) is 1. The maximum absolute atomic E-state index is 12.9. The number of methoxy groups -OCH3 is 1. The smallest absolute Gasteiger partial charge is 0.252 e. The van der Waals surface area contributed by atoms with Gasteiger partial charge in [0.25, 0.3) is 5.91 Å². The second-order valence-corrected chi connectivity index (χ2v) is 7.91. The van der Waals surface area contributed by atoms with E-state index in [1.54, 1.807) is 17.9 Å². The molecule has 28 heavy (non-hydrogen) atoms. The normalized spacial score (nSPS) is 21.4. The molecule has 7 nitrogen and oxygen atoms in total. The zero-order valence-corrected chi connectivity index (χ0v) is 16.6. The molecule has 1 aromatic carbocycles. The SMILES string of the molecule is COc1ccc2c(c1)C(=O)NC1(CC2)CCN(C(=O)Cn2nc(C)cc2C)C1. The van der Waals surface area contributed by atoms with Crippen LogP contribution in [0.25, 0.3) is 0 Å². The van der Waals surface area contributed by atoms with Gasteiger partial charge in [-0.15, -0.1) is 0 Å². The molecule has 0 aliphatic carbocycles. The highest BCUT2D eigenvalue weighted by atomic mass is 16.5. The van der Waals surface area contributed by atoms with Crippen LogP contribution < -0.4 is 10.1 Å². The molecule has 1 atom stereocenters. The van der Waals surface area contributed by atoms with Gasteiger partial charge in [0.05, 0.1) is 18.3 Å². The minimum absolute atomic E-state index is 0.0424. The maximum atomic E-state index is 12.9. The number of ether oxygens (including phenoxy) is 1. The number of amides is 2. The predicted octanol–water partition coefficient (Wildman–Crippen LogP) is 1.86. The number of nitrogens with zero attached hydrogens (tertiary/aromatic N) is 3. The average Bonchev–Trinajstić information content (AvgIpc) is 3.19. The van der Waals surface area contributed by atoms with Crippen LogP contribution in [-0.4, -0.2) is 52.2 Å². The lowest BCUT2D eigenvalue weighted by molar-refractivity contribution is -0.131. The van der Waals surface area contributed by atoms with E-state index in [0.29, 0.717) is 24.4 Å². The third kappa shape index (κ3) is 3.37. The molecule has 0 bridgehead atoms. The van der Waals surface area contributed by atoms with E-state index in [-0.39, 0.29) is 23.9 Å². The summed E-state index contributed by atoms with van der Waals surface area (Å²) in [6.45, 7) is 5.31. The zero-order valence-electron chi connectivity index (χ0n) is 16.6. The lowest BCUT2D eigenvalue weighted by Gasteiger charge is -2.29. The summed E-state index contributed by atoms with van der Waals surface area (Å²) in [5.41, 5.74) is 3.22. The molecule has 2 aliphatic heterocycles. The Morgan fingerprint density at radius 3 is 2.82 bits per heavy atom. The first-order chi connectivity index (χ1) is 13.4. The third-order valence-corrected chi connectivity index (χ3v) is 5.91. The number of hydrogen-bond acceptors (Lipinski definition) is 4. The van der Waals surface area contributed by atoms with Crippen LogP contribution in [-0.2, 0) is 17.8 Å². The van der Waals surface area contributed by atoms with E-state index in [0.717, 1.165) is 36.2 Å². The van der Waals surface area contributed by atoms with Crippen molar-refractivity contribution >= 4 is 11.8 Å². The number of aryl methyl sites for hydroxylation is 3. The number of hydrogen-bond donors (Lipinski definition) is 1. The molecule has 1 fully saturated rings.